The minimum Gasteiger partial charge on any atom is -0.381 e. The first kappa shape index (κ1) is 23.6. The SMILES string of the molecule is CC(NC(=O)c1c(N)nn2cccnc12)c1cc(Cl)c2c(Cl)cnn2c1N1CCS(=O)(=O)C(C)C1. The van der Waals surface area contributed by atoms with Crippen LogP contribution in [-0.2, 0) is 9.84 Å². The average Bonchev–Trinajstić information content (AvgIpc) is 3.35. The molecule has 4 aromatic heterocycles. The highest BCUT2D eigenvalue weighted by Crippen LogP contribution is 2.36. The number of carbonyl (C=O) groups excluding carboxylic acids is 1. The zero-order valence-electron chi connectivity index (χ0n) is 18.8. The van der Waals surface area contributed by atoms with E-state index in [9.17, 15) is 13.2 Å². The van der Waals surface area contributed by atoms with Crippen LogP contribution in [-0.4, -0.2) is 62.6 Å². The lowest BCUT2D eigenvalue weighted by molar-refractivity contribution is 0.0942. The summed E-state index contributed by atoms with van der Waals surface area (Å²) in [5, 5.41) is 11.6. The van der Waals surface area contributed by atoms with Gasteiger partial charge in [0.1, 0.15) is 16.9 Å². The second kappa shape index (κ2) is 8.54. The number of hydrogen-bond donors (Lipinski definition) is 2. The lowest BCUT2D eigenvalue weighted by atomic mass is 10.1. The molecule has 4 aromatic rings. The number of nitrogens with zero attached hydrogens (tertiary/aromatic N) is 6. The summed E-state index contributed by atoms with van der Waals surface area (Å²) in [5.41, 5.74) is 7.65. The van der Waals surface area contributed by atoms with Gasteiger partial charge in [0.25, 0.3) is 5.91 Å². The van der Waals surface area contributed by atoms with Crippen molar-refractivity contribution in [1.29, 1.82) is 0 Å². The maximum atomic E-state index is 13.2. The molecule has 1 amide bonds. The monoisotopic (exact) mass is 536 g/mol. The third-order valence-corrected chi connectivity index (χ3v) is 8.88. The molecular formula is C21H22Cl2N8O3S. The summed E-state index contributed by atoms with van der Waals surface area (Å²) >= 11 is 12.9. The van der Waals surface area contributed by atoms with E-state index in [-0.39, 0.29) is 30.2 Å². The second-order valence-corrected chi connectivity index (χ2v) is 11.8. The molecular weight excluding hydrogens is 515 g/mol. The Balaban J connectivity index is 1.57. The van der Waals surface area contributed by atoms with Gasteiger partial charge in [0, 0.05) is 31.0 Å². The Morgan fingerprint density at radius 1 is 1.31 bits per heavy atom. The average molecular weight is 537 g/mol. The molecule has 0 radical (unpaired) electrons. The van der Waals surface area contributed by atoms with Crippen LogP contribution in [0.1, 0.15) is 35.8 Å². The van der Waals surface area contributed by atoms with Gasteiger partial charge < -0.3 is 16.0 Å². The Morgan fingerprint density at radius 2 is 2.09 bits per heavy atom. The number of nitrogens with two attached hydrogens (primary N) is 1. The number of anilines is 2. The van der Waals surface area contributed by atoms with Gasteiger partial charge in [-0.15, -0.1) is 5.10 Å². The number of hydrogen-bond acceptors (Lipinski definition) is 8. The van der Waals surface area contributed by atoms with Gasteiger partial charge in [0.05, 0.1) is 33.3 Å². The van der Waals surface area contributed by atoms with E-state index in [1.54, 1.807) is 42.9 Å². The molecule has 0 aliphatic carbocycles. The minimum absolute atomic E-state index is 0.00192. The fourth-order valence-corrected chi connectivity index (χ4v) is 6.20. The van der Waals surface area contributed by atoms with Crippen LogP contribution < -0.4 is 16.0 Å². The highest BCUT2D eigenvalue weighted by atomic mass is 35.5. The van der Waals surface area contributed by atoms with Crippen molar-refractivity contribution in [2.75, 3.05) is 29.5 Å². The number of halogens is 2. The van der Waals surface area contributed by atoms with Crippen molar-refractivity contribution in [2.24, 2.45) is 0 Å². The first-order valence-electron chi connectivity index (χ1n) is 10.8. The minimum atomic E-state index is -3.19. The third-order valence-electron chi connectivity index (χ3n) is 6.19. The van der Waals surface area contributed by atoms with Gasteiger partial charge in [-0.2, -0.15) is 5.10 Å². The number of nitrogen functional groups attached to an aromatic ring is 1. The molecule has 1 saturated heterocycles. The normalized spacial score (nSPS) is 18.7. The summed E-state index contributed by atoms with van der Waals surface area (Å²) in [5.74, 6) is 0.199. The molecule has 0 bridgehead atoms. The molecule has 1 aliphatic rings. The lowest BCUT2D eigenvalue weighted by Crippen LogP contribution is -2.47. The van der Waals surface area contributed by atoms with Crippen molar-refractivity contribution >= 4 is 61.7 Å². The van der Waals surface area contributed by atoms with Gasteiger partial charge in [0.15, 0.2) is 21.3 Å². The summed E-state index contributed by atoms with van der Waals surface area (Å²) in [6.07, 6.45) is 4.68. The van der Waals surface area contributed by atoms with Crippen LogP contribution in [0.3, 0.4) is 0 Å². The maximum Gasteiger partial charge on any atom is 0.259 e. The first-order valence-corrected chi connectivity index (χ1v) is 13.3. The number of carbonyl (C=O) groups is 1. The molecule has 5 rings (SSSR count). The van der Waals surface area contributed by atoms with E-state index in [4.69, 9.17) is 28.9 Å². The summed E-state index contributed by atoms with van der Waals surface area (Å²) in [4.78, 5) is 19.4. The van der Waals surface area contributed by atoms with Crippen LogP contribution in [0.2, 0.25) is 10.0 Å². The van der Waals surface area contributed by atoms with E-state index >= 15 is 0 Å². The first-order chi connectivity index (χ1) is 16.6. The second-order valence-electron chi connectivity index (χ2n) is 8.49. The molecule has 0 spiro atoms. The molecule has 184 valence electrons. The molecule has 2 atom stereocenters. The number of pyridine rings is 1. The van der Waals surface area contributed by atoms with Gasteiger partial charge in [-0.1, -0.05) is 23.2 Å². The third kappa shape index (κ3) is 3.95. The predicted molar refractivity (Wildman–Crippen MR) is 134 cm³/mol. The number of nitrogens with one attached hydrogen (secondary N) is 1. The molecule has 0 saturated carbocycles. The Labute approximate surface area is 210 Å². The van der Waals surface area contributed by atoms with E-state index in [1.807, 2.05) is 4.90 Å². The van der Waals surface area contributed by atoms with Crippen LogP contribution >= 0.6 is 23.2 Å². The molecule has 0 aromatic carbocycles. The Hall–Kier alpha value is -3.09. The summed E-state index contributed by atoms with van der Waals surface area (Å²) < 4.78 is 27.7. The van der Waals surface area contributed by atoms with Crippen LogP contribution in [0, 0.1) is 0 Å². The van der Waals surface area contributed by atoms with Crippen molar-refractivity contribution in [2.45, 2.75) is 25.1 Å². The van der Waals surface area contributed by atoms with Crippen LogP contribution in [0.5, 0.6) is 0 Å². The quantitative estimate of drug-likeness (QED) is 0.405. The van der Waals surface area contributed by atoms with E-state index in [2.05, 4.69) is 20.5 Å². The van der Waals surface area contributed by atoms with Gasteiger partial charge >= 0.3 is 0 Å². The number of rotatable bonds is 4. The van der Waals surface area contributed by atoms with Crippen LogP contribution in [0.15, 0.2) is 30.7 Å². The molecule has 11 nitrogen and oxygen atoms in total. The van der Waals surface area contributed by atoms with Gasteiger partial charge in [-0.3, -0.25) is 4.79 Å². The molecule has 1 fully saturated rings. The van der Waals surface area contributed by atoms with Crippen molar-refractivity contribution in [1.82, 2.24) is 29.5 Å². The zero-order valence-corrected chi connectivity index (χ0v) is 21.1. The number of sulfone groups is 1. The lowest BCUT2D eigenvalue weighted by Gasteiger charge is -2.35. The van der Waals surface area contributed by atoms with Gasteiger partial charge in [0.2, 0.25) is 0 Å². The summed E-state index contributed by atoms with van der Waals surface area (Å²) in [6.45, 7) is 3.99. The molecule has 2 unspecified atom stereocenters. The smallest absolute Gasteiger partial charge is 0.259 e. The van der Waals surface area contributed by atoms with Gasteiger partial charge in [-0.25, -0.2) is 22.4 Å². The fraction of sp³-hybridized carbons (Fsp3) is 0.333. The molecule has 1 aliphatic heterocycles. The highest BCUT2D eigenvalue weighted by molar-refractivity contribution is 7.92. The van der Waals surface area contributed by atoms with Crippen LogP contribution in [0.4, 0.5) is 11.6 Å². The van der Waals surface area contributed by atoms with E-state index < -0.39 is 27.0 Å². The van der Waals surface area contributed by atoms with E-state index in [1.165, 1.54) is 10.7 Å². The maximum absolute atomic E-state index is 13.2. The van der Waals surface area contributed by atoms with Crippen LogP contribution in [0.25, 0.3) is 11.2 Å². The molecule has 5 heterocycles. The zero-order chi connectivity index (χ0) is 25.1. The van der Waals surface area contributed by atoms with Crippen molar-refractivity contribution in [3.63, 3.8) is 0 Å². The van der Waals surface area contributed by atoms with Crippen molar-refractivity contribution < 1.29 is 13.2 Å². The Kier molecular flexibility index (Phi) is 5.77. The number of fused-ring (bicyclic) bond motifs is 2. The predicted octanol–water partition coefficient (Wildman–Crippen LogP) is 2.38. The molecule has 35 heavy (non-hydrogen) atoms. The van der Waals surface area contributed by atoms with Crippen molar-refractivity contribution in [3.8, 4) is 0 Å². The summed E-state index contributed by atoms with van der Waals surface area (Å²) in [7, 11) is -3.19. The molecule has 3 N–H and O–H groups in total. The van der Waals surface area contributed by atoms with E-state index in [0.717, 1.165) is 0 Å². The van der Waals surface area contributed by atoms with E-state index in [0.29, 0.717) is 32.6 Å². The van der Waals surface area contributed by atoms with Gasteiger partial charge in [-0.05, 0) is 26.0 Å². The molecule has 14 heteroatoms. The standard InChI is InChI=1S/C21H22Cl2N8O3S/c1-11-10-29(6-7-35(11,33)34)21-13(8-14(22)17-15(23)9-26-31(17)21)12(2)27-20(32)16-18(24)28-30-5-3-4-25-19(16)30/h3-5,8-9,11-12H,6-7,10H2,1-2H3,(H2,24,28)(H,27,32). The van der Waals surface area contributed by atoms with Crippen molar-refractivity contribution in [3.05, 3.63) is 51.9 Å². The Bertz CT molecular complexity index is 1580. The topological polar surface area (TPSA) is 140 Å². The highest BCUT2D eigenvalue weighted by Gasteiger charge is 2.33. The number of aromatic nitrogens is 5. The fourth-order valence-electron chi connectivity index (χ4n) is 4.35. The largest absolute Gasteiger partial charge is 0.381 e. The number of amides is 1. The Morgan fingerprint density at radius 3 is 2.83 bits per heavy atom. The summed E-state index contributed by atoms with van der Waals surface area (Å²) in [6, 6.07) is 2.84.